The Kier molecular flexibility index (Phi) is 4.61. The van der Waals surface area contributed by atoms with E-state index in [-0.39, 0.29) is 5.69 Å². The first-order valence-corrected chi connectivity index (χ1v) is 7.71. The zero-order valence-electron chi connectivity index (χ0n) is 13.3. The van der Waals surface area contributed by atoms with Crippen LogP contribution < -0.4 is 5.32 Å². The Morgan fingerprint density at radius 1 is 1.39 bits per heavy atom. The van der Waals surface area contributed by atoms with E-state index in [2.05, 4.69) is 25.7 Å². The molecular weight excluding hydrogens is 296 g/mol. The molecule has 0 radical (unpaired) electrons. The van der Waals surface area contributed by atoms with Gasteiger partial charge in [-0.3, -0.25) is 0 Å². The lowest BCUT2D eigenvalue weighted by Gasteiger charge is -2.21. The van der Waals surface area contributed by atoms with E-state index in [1.165, 1.54) is 7.11 Å². The normalized spacial score (nSPS) is 15.6. The van der Waals surface area contributed by atoms with Crippen molar-refractivity contribution in [1.82, 2.24) is 30.5 Å². The molecule has 0 spiro atoms. The Hall–Kier alpha value is -2.35. The number of pyridine rings is 1. The lowest BCUT2D eigenvalue weighted by molar-refractivity contribution is 0.0594. The number of carbonyl (C=O) groups is 1. The summed E-state index contributed by atoms with van der Waals surface area (Å²) in [5.41, 5.74) is 1.67. The molecule has 0 saturated carbocycles. The Bertz CT molecular complexity index is 693. The third-order valence-electron chi connectivity index (χ3n) is 3.94. The van der Waals surface area contributed by atoms with Crippen LogP contribution in [0.3, 0.4) is 0 Å². The van der Waals surface area contributed by atoms with Crippen LogP contribution in [0.15, 0.2) is 12.1 Å². The van der Waals surface area contributed by atoms with Crippen molar-refractivity contribution in [2.75, 3.05) is 20.2 Å². The second-order valence-corrected chi connectivity index (χ2v) is 5.74. The highest BCUT2D eigenvalue weighted by Crippen LogP contribution is 2.18. The molecule has 0 bridgehead atoms. The number of hydrogen-bond donors (Lipinski definition) is 1. The molecule has 1 fully saturated rings. The monoisotopic (exact) mass is 316 g/mol. The van der Waals surface area contributed by atoms with Gasteiger partial charge in [0.15, 0.2) is 0 Å². The van der Waals surface area contributed by atoms with Gasteiger partial charge in [0.25, 0.3) is 0 Å². The predicted octanol–water partition coefficient (Wildman–Crippen LogP) is 0.830. The van der Waals surface area contributed by atoms with Crippen LogP contribution in [-0.4, -0.2) is 51.4 Å². The molecule has 1 aliphatic heterocycles. The van der Waals surface area contributed by atoms with Gasteiger partial charge in [0.05, 0.1) is 13.7 Å². The van der Waals surface area contributed by atoms with Crippen LogP contribution in [0, 0.1) is 12.8 Å². The molecule has 1 aliphatic rings. The van der Waals surface area contributed by atoms with Gasteiger partial charge in [0, 0.05) is 11.3 Å². The summed E-state index contributed by atoms with van der Waals surface area (Å²) in [7, 11) is 1.33. The van der Waals surface area contributed by atoms with Crippen LogP contribution in [0.5, 0.6) is 0 Å². The number of aryl methyl sites for hydroxylation is 1. The second kappa shape index (κ2) is 6.82. The van der Waals surface area contributed by atoms with Crippen molar-refractivity contribution in [3.05, 3.63) is 23.5 Å². The summed E-state index contributed by atoms with van der Waals surface area (Å²) in [4.78, 5) is 17.5. The summed E-state index contributed by atoms with van der Waals surface area (Å²) in [6.07, 6.45) is 2.25. The van der Waals surface area contributed by atoms with E-state index in [1.807, 2.05) is 13.0 Å². The number of piperidine rings is 1. The van der Waals surface area contributed by atoms with Gasteiger partial charge in [-0.1, -0.05) is 0 Å². The van der Waals surface area contributed by atoms with Gasteiger partial charge in [0.1, 0.15) is 5.69 Å². The molecule has 0 amide bonds. The van der Waals surface area contributed by atoms with Crippen molar-refractivity contribution in [1.29, 1.82) is 0 Å². The zero-order valence-corrected chi connectivity index (χ0v) is 13.3. The van der Waals surface area contributed by atoms with Crippen molar-refractivity contribution < 1.29 is 9.53 Å². The van der Waals surface area contributed by atoms with Crippen molar-refractivity contribution in [2.24, 2.45) is 5.92 Å². The molecular formula is C15H20N6O2. The number of methoxy groups -OCH3 is 1. The second-order valence-electron chi connectivity index (χ2n) is 5.74. The van der Waals surface area contributed by atoms with E-state index in [1.54, 1.807) is 10.9 Å². The average molecular weight is 316 g/mol. The molecule has 3 rings (SSSR count). The Labute approximate surface area is 134 Å². The number of ether oxygens (including phenoxy) is 1. The van der Waals surface area contributed by atoms with E-state index in [4.69, 9.17) is 4.74 Å². The number of tetrazole rings is 1. The first-order valence-electron chi connectivity index (χ1n) is 7.71. The molecule has 3 heterocycles. The molecule has 122 valence electrons. The van der Waals surface area contributed by atoms with E-state index in [0.29, 0.717) is 17.4 Å². The fourth-order valence-electron chi connectivity index (χ4n) is 2.74. The largest absolute Gasteiger partial charge is 0.464 e. The molecule has 23 heavy (non-hydrogen) atoms. The summed E-state index contributed by atoms with van der Waals surface area (Å²) in [5.74, 6) is 0.592. The molecule has 8 heteroatoms. The minimum atomic E-state index is -0.475. The first-order chi connectivity index (χ1) is 11.2. The standard InChI is InChI=1S/C15H20N6O2/c1-10-7-12(8-13(17-10)15(22)23-2)14-18-20-21(19-14)9-11-3-5-16-6-4-11/h7-8,11,16H,3-6,9H2,1-2H3. The molecule has 0 aromatic carbocycles. The molecule has 0 unspecified atom stereocenters. The summed E-state index contributed by atoms with van der Waals surface area (Å²) >= 11 is 0. The highest BCUT2D eigenvalue weighted by Gasteiger charge is 2.17. The molecule has 1 N–H and O–H groups in total. The maximum absolute atomic E-state index is 11.7. The number of esters is 1. The van der Waals surface area contributed by atoms with Crippen LogP contribution in [0.4, 0.5) is 0 Å². The quantitative estimate of drug-likeness (QED) is 0.835. The lowest BCUT2D eigenvalue weighted by Crippen LogP contribution is -2.30. The van der Waals surface area contributed by atoms with Crippen LogP contribution in [-0.2, 0) is 11.3 Å². The van der Waals surface area contributed by atoms with Gasteiger partial charge in [-0.15, -0.1) is 10.2 Å². The maximum atomic E-state index is 11.7. The highest BCUT2D eigenvalue weighted by molar-refractivity contribution is 5.88. The SMILES string of the molecule is COC(=O)c1cc(-c2nnn(CC3CCNCC3)n2)cc(C)n1. The number of nitrogens with zero attached hydrogens (tertiary/aromatic N) is 5. The lowest BCUT2D eigenvalue weighted by atomic mass is 9.99. The number of nitrogens with one attached hydrogen (secondary N) is 1. The zero-order chi connectivity index (χ0) is 16.2. The minimum absolute atomic E-state index is 0.247. The molecule has 8 nitrogen and oxygen atoms in total. The van der Waals surface area contributed by atoms with Crippen molar-refractivity contribution >= 4 is 5.97 Å². The molecule has 2 aromatic rings. The van der Waals surface area contributed by atoms with Crippen LogP contribution in [0.1, 0.15) is 29.0 Å². The van der Waals surface area contributed by atoms with Gasteiger partial charge in [-0.05, 0) is 56.1 Å². The van der Waals surface area contributed by atoms with Gasteiger partial charge < -0.3 is 10.1 Å². The van der Waals surface area contributed by atoms with Crippen LogP contribution in [0.2, 0.25) is 0 Å². The third-order valence-corrected chi connectivity index (χ3v) is 3.94. The number of carbonyl (C=O) groups excluding carboxylic acids is 1. The fraction of sp³-hybridized carbons (Fsp3) is 0.533. The van der Waals surface area contributed by atoms with Gasteiger partial charge in [-0.25, -0.2) is 9.78 Å². The Morgan fingerprint density at radius 3 is 2.91 bits per heavy atom. The summed E-state index contributed by atoms with van der Waals surface area (Å²) in [6.45, 7) is 4.66. The van der Waals surface area contributed by atoms with E-state index < -0.39 is 5.97 Å². The van der Waals surface area contributed by atoms with E-state index >= 15 is 0 Å². The van der Waals surface area contributed by atoms with Gasteiger partial charge in [0.2, 0.25) is 5.82 Å². The minimum Gasteiger partial charge on any atom is -0.464 e. The highest BCUT2D eigenvalue weighted by atomic mass is 16.5. The Morgan fingerprint density at radius 2 is 2.17 bits per heavy atom. The van der Waals surface area contributed by atoms with E-state index in [9.17, 15) is 4.79 Å². The number of rotatable bonds is 4. The Balaban J connectivity index is 1.79. The predicted molar refractivity (Wildman–Crippen MR) is 82.7 cm³/mol. The van der Waals surface area contributed by atoms with Crippen molar-refractivity contribution in [3.63, 3.8) is 0 Å². The fourth-order valence-corrected chi connectivity index (χ4v) is 2.74. The average Bonchev–Trinajstić information content (AvgIpc) is 3.03. The van der Waals surface area contributed by atoms with E-state index in [0.717, 1.165) is 38.0 Å². The molecule has 0 atom stereocenters. The van der Waals surface area contributed by atoms with Gasteiger partial charge >= 0.3 is 5.97 Å². The first kappa shape index (κ1) is 15.5. The number of aromatic nitrogens is 5. The maximum Gasteiger partial charge on any atom is 0.356 e. The summed E-state index contributed by atoms with van der Waals surface area (Å²) < 4.78 is 4.72. The smallest absolute Gasteiger partial charge is 0.356 e. The van der Waals surface area contributed by atoms with Crippen molar-refractivity contribution in [3.8, 4) is 11.4 Å². The van der Waals surface area contributed by atoms with Crippen LogP contribution in [0.25, 0.3) is 11.4 Å². The number of hydrogen-bond acceptors (Lipinski definition) is 7. The van der Waals surface area contributed by atoms with Crippen molar-refractivity contribution in [2.45, 2.75) is 26.3 Å². The summed E-state index contributed by atoms with van der Waals surface area (Å²) in [5, 5.41) is 16.0. The topological polar surface area (TPSA) is 94.8 Å². The third kappa shape index (κ3) is 3.70. The van der Waals surface area contributed by atoms with Crippen LogP contribution >= 0.6 is 0 Å². The summed E-state index contributed by atoms with van der Waals surface area (Å²) in [6, 6.07) is 3.46. The molecule has 0 aliphatic carbocycles. The van der Waals surface area contributed by atoms with Gasteiger partial charge in [-0.2, -0.15) is 4.80 Å². The molecule has 2 aromatic heterocycles. The molecule has 1 saturated heterocycles.